The van der Waals surface area contributed by atoms with E-state index in [1.807, 2.05) is 12.2 Å². The Kier molecular flexibility index (Phi) is 41.3. The first-order valence-electron chi connectivity index (χ1n) is 23.7. The van der Waals surface area contributed by atoms with Crippen molar-refractivity contribution in [2.45, 2.75) is 219 Å². The van der Waals surface area contributed by atoms with Crippen LogP contribution in [0.4, 0.5) is 0 Å². The number of esters is 2. The monoisotopic (exact) mass is 868 g/mol. The minimum absolute atomic E-state index is 0.0888. The topological polar surface area (TPSA) is 172 Å². The fourth-order valence-corrected chi connectivity index (χ4v) is 7.09. The molecule has 0 saturated heterocycles. The van der Waals surface area contributed by atoms with Crippen molar-refractivity contribution in [3.63, 3.8) is 0 Å². The quantitative estimate of drug-likeness (QED) is 0.0230. The van der Waals surface area contributed by atoms with Gasteiger partial charge in [-0.15, -0.1) is 0 Å². The van der Waals surface area contributed by atoms with Gasteiger partial charge in [-0.05, 0) is 70.6 Å². The molecule has 60 heavy (non-hydrogen) atoms. The molecule has 0 aliphatic rings. The highest BCUT2D eigenvalue weighted by Gasteiger charge is 2.28. The largest absolute Gasteiger partial charge is 0.480 e. The zero-order chi connectivity index (χ0) is 44.2. The molecule has 0 aromatic carbocycles. The minimum atomic E-state index is -4.73. The number of nitrogens with two attached hydrogens (primary N) is 1. The standard InChI is InChI=1S/C48H86NO10P/c1-3-5-7-9-11-13-15-17-19-21-22-24-25-27-29-31-33-35-37-39-46(50)56-41-44(42-57-60(54,55)58-43-45(49)48(52)53)59-47(51)40-38-36-34-32-30-28-26-23-20-18-16-14-12-10-8-6-4-2/h17-20,26,28,32,34,44-45H,3-16,21-25,27,29-31,33,35-43,49H2,1-2H3,(H,52,53)(H,54,55)/b19-17+,20-18+,28-26+,34-32+/t44-,45+/m1/s1. The van der Waals surface area contributed by atoms with Crippen LogP contribution >= 0.6 is 7.82 Å². The van der Waals surface area contributed by atoms with Crippen LogP contribution in [0.3, 0.4) is 0 Å². The van der Waals surface area contributed by atoms with Gasteiger partial charge in [0, 0.05) is 12.8 Å². The molecule has 0 aromatic rings. The van der Waals surface area contributed by atoms with Crippen molar-refractivity contribution in [3.05, 3.63) is 48.6 Å². The zero-order valence-electron chi connectivity index (χ0n) is 37.8. The van der Waals surface area contributed by atoms with E-state index in [0.717, 1.165) is 38.5 Å². The summed E-state index contributed by atoms with van der Waals surface area (Å²) in [6.45, 7) is 2.75. The molecule has 0 radical (unpaired) electrons. The summed E-state index contributed by atoms with van der Waals surface area (Å²) in [7, 11) is -4.73. The Morgan fingerprint density at radius 1 is 0.517 bits per heavy atom. The molecule has 0 saturated carbocycles. The Balaban J connectivity index is 4.38. The highest BCUT2D eigenvalue weighted by molar-refractivity contribution is 7.47. The third kappa shape index (κ3) is 42.1. The molecule has 12 heteroatoms. The Labute approximate surface area is 365 Å². The fourth-order valence-electron chi connectivity index (χ4n) is 6.31. The van der Waals surface area contributed by atoms with E-state index in [4.69, 9.17) is 24.8 Å². The van der Waals surface area contributed by atoms with Crippen LogP contribution in [-0.2, 0) is 37.5 Å². The Hall–Kier alpha value is -2.56. The molecule has 0 aliphatic carbocycles. The molecule has 4 N–H and O–H groups in total. The first kappa shape index (κ1) is 57.4. The van der Waals surface area contributed by atoms with E-state index in [2.05, 4.69) is 54.8 Å². The second kappa shape index (κ2) is 43.1. The number of allylic oxidation sites excluding steroid dienone is 8. The van der Waals surface area contributed by atoms with Crippen LogP contribution < -0.4 is 5.73 Å². The molecule has 0 aliphatic heterocycles. The van der Waals surface area contributed by atoms with Gasteiger partial charge < -0.3 is 25.2 Å². The number of rotatable bonds is 44. The van der Waals surface area contributed by atoms with Crippen molar-refractivity contribution in [1.29, 1.82) is 0 Å². The van der Waals surface area contributed by atoms with E-state index in [9.17, 15) is 23.8 Å². The van der Waals surface area contributed by atoms with E-state index in [1.54, 1.807) is 0 Å². The molecule has 0 aromatic heterocycles. The SMILES string of the molecule is CCCCCCCC/C=C/C/C=C/C/C=C/CCCC(=O)O[C@H](COC(=O)CCCCCCCCCCC/C=C/CCCCCCCC)COP(=O)(O)OC[C@H](N)C(=O)O. The number of hydrogen-bond acceptors (Lipinski definition) is 9. The van der Waals surface area contributed by atoms with Crippen LogP contribution in [0.2, 0.25) is 0 Å². The van der Waals surface area contributed by atoms with Crippen LogP contribution in [0.25, 0.3) is 0 Å². The van der Waals surface area contributed by atoms with Gasteiger partial charge in [-0.25, -0.2) is 4.57 Å². The number of hydrogen-bond donors (Lipinski definition) is 3. The van der Waals surface area contributed by atoms with Gasteiger partial charge in [0.1, 0.15) is 12.6 Å². The fraction of sp³-hybridized carbons (Fsp3) is 0.771. The van der Waals surface area contributed by atoms with Gasteiger partial charge in [-0.2, -0.15) is 0 Å². The number of aliphatic carboxylic acids is 1. The smallest absolute Gasteiger partial charge is 0.472 e. The average molecular weight is 868 g/mol. The predicted molar refractivity (Wildman–Crippen MR) is 245 cm³/mol. The molecule has 348 valence electrons. The Morgan fingerprint density at radius 2 is 0.900 bits per heavy atom. The van der Waals surface area contributed by atoms with Crippen molar-refractivity contribution >= 4 is 25.7 Å². The van der Waals surface area contributed by atoms with Crippen molar-refractivity contribution < 1.29 is 47.5 Å². The van der Waals surface area contributed by atoms with Crippen LogP contribution in [0.15, 0.2) is 48.6 Å². The number of carbonyl (C=O) groups excluding carboxylic acids is 2. The molecular weight excluding hydrogens is 781 g/mol. The summed E-state index contributed by atoms with van der Waals surface area (Å²) in [6, 6.07) is -1.53. The first-order valence-corrected chi connectivity index (χ1v) is 25.2. The second-order valence-electron chi connectivity index (χ2n) is 15.9. The summed E-state index contributed by atoms with van der Waals surface area (Å²) in [4.78, 5) is 46.0. The van der Waals surface area contributed by atoms with Crippen molar-refractivity contribution in [1.82, 2.24) is 0 Å². The maximum Gasteiger partial charge on any atom is 0.472 e. The predicted octanol–water partition coefficient (Wildman–Crippen LogP) is 13.0. The summed E-state index contributed by atoms with van der Waals surface area (Å²) >= 11 is 0. The average Bonchev–Trinajstić information content (AvgIpc) is 3.22. The molecule has 0 rings (SSSR count). The summed E-state index contributed by atoms with van der Waals surface area (Å²) in [5, 5.41) is 8.90. The van der Waals surface area contributed by atoms with Gasteiger partial charge >= 0.3 is 25.7 Å². The third-order valence-electron chi connectivity index (χ3n) is 10.0. The second-order valence-corrected chi connectivity index (χ2v) is 17.3. The summed E-state index contributed by atoms with van der Waals surface area (Å²) in [5.74, 6) is -2.45. The van der Waals surface area contributed by atoms with Crippen LogP contribution in [0, 0.1) is 0 Å². The van der Waals surface area contributed by atoms with Crippen LogP contribution in [0.5, 0.6) is 0 Å². The van der Waals surface area contributed by atoms with E-state index in [-0.39, 0.29) is 19.4 Å². The molecule has 11 nitrogen and oxygen atoms in total. The molecule has 1 unspecified atom stereocenters. The van der Waals surface area contributed by atoms with Crippen LogP contribution in [0.1, 0.15) is 206 Å². The van der Waals surface area contributed by atoms with Crippen molar-refractivity contribution in [2.24, 2.45) is 5.73 Å². The molecule has 0 spiro atoms. The number of unbranched alkanes of at least 4 members (excludes halogenated alkanes) is 22. The van der Waals surface area contributed by atoms with E-state index in [1.165, 1.54) is 122 Å². The van der Waals surface area contributed by atoms with Gasteiger partial charge in [0.15, 0.2) is 6.10 Å². The van der Waals surface area contributed by atoms with Gasteiger partial charge in [-0.3, -0.25) is 23.4 Å². The zero-order valence-corrected chi connectivity index (χ0v) is 38.7. The number of ether oxygens (including phenoxy) is 2. The summed E-state index contributed by atoms with van der Waals surface area (Å²) < 4.78 is 32.7. The highest BCUT2D eigenvalue weighted by atomic mass is 31.2. The normalized spacial score (nSPS) is 14.1. The lowest BCUT2D eigenvalue weighted by Crippen LogP contribution is -2.34. The Morgan fingerprint density at radius 3 is 1.38 bits per heavy atom. The number of carbonyl (C=O) groups is 3. The molecule has 0 bridgehead atoms. The van der Waals surface area contributed by atoms with Gasteiger partial charge in [0.2, 0.25) is 0 Å². The molecule has 3 atom stereocenters. The van der Waals surface area contributed by atoms with Crippen molar-refractivity contribution in [2.75, 3.05) is 19.8 Å². The molecule has 0 amide bonds. The molecular formula is C48H86NO10P. The summed E-state index contributed by atoms with van der Waals surface area (Å²) in [6.07, 6.45) is 49.0. The highest BCUT2D eigenvalue weighted by Crippen LogP contribution is 2.43. The first-order chi connectivity index (χ1) is 29.1. The number of phosphoric ester groups is 1. The van der Waals surface area contributed by atoms with Gasteiger partial charge in [0.25, 0.3) is 0 Å². The lowest BCUT2D eigenvalue weighted by Gasteiger charge is -2.20. The van der Waals surface area contributed by atoms with E-state index < -0.39 is 51.1 Å². The number of phosphoric acid groups is 1. The van der Waals surface area contributed by atoms with Gasteiger partial charge in [0.05, 0.1) is 13.2 Å². The van der Waals surface area contributed by atoms with Gasteiger partial charge in [-0.1, -0.05) is 172 Å². The maximum absolute atomic E-state index is 12.6. The number of carboxylic acids is 1. The van der Waals surface area contributed by atoms with Crippen LogP contribution in [-0.4, -0.2) is 59.9 Å². The summed E-state index contributed by atoms with van der Waals surface area (Å²) in [5.41, 5.74) is 5.34. The lowest BCUT2D eigenvalue weighted by atomic mass is 10.1. The maximum atomic E-state index is 12.6. The Bertz CT molecular complexity index is 1200. The van der Waals surface area contributed by atoms with Crippen molar-refractivity contribution in [3.8, 4) is 0 Å². The number of carboxylic acid groups (broad SMARTS) is 1. The lowest BCUT2D eigenvalue weighted by molar-refractivity contribution is -0.161. The van der Waals surface area contributed by atoms with E-state index >= 15 is 0 Å². The van der Waals surface area contributed by atoms with E-state index in [0.29, 0.717) is 19.3 Å². The molecule has 0 fully saturated rings. The minimum Gasteiger partial charge on any atom is -0.480 e. The third-order valence-corrected chi connectivity index (χ3v) is 11.0. The molecule has 0 heterocycles.